The third kappa shape index (κ3) is 5.16. The molecular weight excluding hydrogens is 348 g/mol. The highest BCUT2D eigenvalue weighted by atomic mass is 16.6. The molecule has 0 saturated heterocycles. The van der Waals surface area contributed by atoms with Crippen LogP contribution in [0, 0.1) is 11.3 Å². The van der Waals surface area contributed by atoms with Gasteiger partial charge in [0.1, 0.15) is 6.07 Å². The van der Waals surface area contributed by atoms with Crippen molar-refractivity contribution < 1.29 is 23.9 Å². The number of hydrogen-bond donors (Lipinski definition) is 0. The minimum atomic E-state index is -1.60. The van der Waals surface area contributed by atoms with E-state index in [2.05, 4.69) is 0 Å². The number of ether oxygens (including phenoxy) is 2. The number of amides is 1. The second-order valence-electron chi connectivity index (χ2n) is 5.75. The summed E-state index contributed by atoms with van der Waals surface area (Å²) in [7, 11) is 2.89. The lowest BCUT2D eigenvalue weighted by Gasteiger charge is -2.24. The largest absolute Gasteiger partial charge is 0.443 e. The molecule has 0 unspecified atom stereocenters. The SMILES string of the molecule is CN(C)C(=O)[C@H](OC(=O)c1ccccc1)[C@H](C#N)OC(=O)c1ccccc1. The van der Waals surface area contributed by atoms with Gasteiger partial charge in [-0.2, -0.15) is 5.26 Å². The van der Waals surface area contributed by atoms with Gasteiger partial charge >= 0.3 is 11.9 Å². The summed E-state index contributed by atoms with van der Waals surface area (Å²) < 4.78 is 10.4. The maximum atomic E-state index is 12.4. The number of nitriles is 1. The van der Waals surface area contributed by atoms with Crippen LogP contribution < -0.4 is 0 Å². The lowest BCUT2D eigenvalue weighted by Crippen LogP contribution is -2.46. The van der Waals surface area contributed by atoms with Crippen molar-refractivity contribution in [3.05, 3.63) is 71.8 Å². The zero-order valence-corrected chi connectivity index (χ0v) is 14.9. The quantitative estimate of drug-likeness (QED) is 0.726. The molecule has 0 radical (unpaired) electrons. The first kappa shape index (κ1) is 19.7. The zero-order chi connectivity index (χ0) is 19.8. The van der Waals surface area contributed by atoms with Crippen molar-refractivity contribution in [2.24, 2.45) is 0 Å². The van der Waals surface area contributed by atoms with E-state index in [-0.39, 0.29) is 11.1 Å². The summed E-state index contributed by atoms with van der Waals surface area (Å²) in [5, 5.41) is 9.42. The Labute approximate surface area is 156 Å². The summed E-state index contributed by atoms with van der Waals surface area (Å²) in [6.07, 6.45) is -3.19. The average molecular weight is 366 g/mol. The number of esters is 2. The number of rotatable bonds is 6. The monoisotopic (exact) mass is 366 g/mol. The van der Waals surface area contributed by atoms with E-state index < -0.39 is 30.1 Å². The van der Waals surface area contributed by atoms with E-state index in [4.69, 9.17) is 9.47 Å². The van der Waals surface area contributed by atoms with Crippen LogP contribution in [0.5, 0.6) is 0 Å². The summed E-state index contributed by atoms with van der Waals surface area (Å²) in [5.74, 6) is -2.27. The van der Waals surface area contributed by atoms with Crippen LogP contribution in [-0.2, 0) is 14.3 Å². The lowest BCUT2D eigenvalue weighted by atomic mass is 10.1. The van der Waals surface area contributed by atoms with Crippen LogP contribution in [0.25, 0.3) is 0 Å². The van der Waals surface area contributed by atoms with Crippen molar-refractivity contribution in [1.29, 1.82) is 5.26 Å². The Balaban J connectivity index is 2.23. The third-order valence-corrected chi connectivity index (χ3v) is 3.57. The Morgan fingerprint density at radius 2 is 1.30 bits per heavy atom. The maximum Gasteiger partial charge on any atom is 0.339 e. The molecule has 2 atom stereocenters. The molecule has 2 rings (SSSR count). The van der Waals surface area contributed by atoms with Crippen LogP contribution >= 0.6 is 0 Å². The number of carbonyl (C=O) groups excluding carboxylic acids is 3. The van der Waals surface area contributed by atoms with Crippen molar-refractivity contribution in [2.45, 2.75) is 12.2 Å². The van der Waals surface area contributed by atoms with E-state index >= 15 is 0 Å². The van der Waals surface area contributed by atoms with Gasteiger partial charge in [0.25, 0.3) is 5.91 Å². The van der Waals surface area contributed by atoms with Crippen LogP contribution in [0.4, 0.5) is 0 Å². The van der Waals surface area contributed by atoms with Gasteiger partial charge in [0.2, 0.25) is 12.2 Å². The zero-order valence-electron chi connectivity index (χ0n) is 14.9. The van der Waals surface area contributed by atoms with Crippen molar-refractivity contribution in [3.8, 4) is 6.07 Å². The second kappa shape index (κ2) is 9.15. The van der Waals surface area contributed by atoms with Gasteiger partial charge < -0.3 is 14.4 Å². The van der Waals surface area contributed by atoms with Crippen LogP contribution in [-0.4, -0.2) is 49.0 Å². The lowest BCUT2D eigenvalue weighted by molar-refractivity contribution is -0.142. The molecule has 0 bridgehead atoms. The number of carbonyl (C=O) groups is 3. The molecule has 0 fully saturated rings. The van der Waals surface area contributed by atoms with Gasteiger partial charge in [0.15, 0.2) is 0 Å². The fourth-order valence-electron chi connectivity index (χ4n) is 2.17. The van der Waals surface area contributed by atoms with Gasteiger partial charge in [-0.3, -0.25) is 4.79 Å². The predicted octanol–water partition coefficient (Wildman–Crippen LogP) is 2.05. The smallest absolute Gasteiger partial charge is 0.339 e. The number of hydrogen-bond acceptors (Lipinski definition) is 6. The summed E-state index contributed by atoms with van der Waals surface area (Å²) in [6.45, 7) is 0. The van der Waals surface area contributed by atoms with E-state index in [1.807, 2.05) is 0 Å². The molecule has 2 aromatic carbocycles. The molecule has 138 valence electrons. The molecule has 0 saturated carbocycles. The number of nitrogens with zero attached hydrogens (tertiary/aromatic N) is 2. The van der Waals surface area contributed by atoms with Crippen LogP contribution in [0.1, 0.15) is 20.7 Å². The van der Waals surface area contributed by atoms with Gasteiger partial charge in [-0.15, -0.1) is 0 Å². The standard InChI is InChI=1S/C20H18N2O5/c1-22(2)18(23)17(27-20(25)15-11-7-4-8-12-15)16(13-21)26-19(24)14-9-5-3-6-10-14/h3-12,16-17H,1-2H3/t16-,17+/m0/s1. The molecule has 0 aliphatic heterocycles. The maximum absolute atomic E-state index is 12.4. The Morgan fingerprint density at radius 1 is 0.852 bits per heavy atom. The fourth-order valence-corrected chi connectivity index (χ4v) is 2.17. The van der Waals surface area contributed by atoms with Crippen molar-refractivity contribution in [1.82, 2.24) is 4.90 Å². The Hall–Kier alpha value is -3.66. The molecule has 7 heteroatoms. The Morgan fingerprint density at radius 3 is 1.70 bits per heavy atom. The summed E-state index contributed by atoms with van der Waals surface area (Å²) in [4.78, 5) is 38.1. The van der Waals surface area contributed by atoms with Crippen LogP contribution in [0.15, 0.2) is 60.7 Å². The molecule has 0 N–H and O–H groups in total. The molecule has 7 nitrogen and oxygen atoms in total. The predicted molar refractivity (Wildman–Crippen MR) is 95.6 cm³/mol. The van der Waals surface area contributed by atoms with Crippen molar-refractivity contribution in [2.75, 3.05) is 14.1 Å². The first-order valence-electron chi connectivity index (χ1n) is 8.07. The Kier molecular flexibility index (Phi) is 6.67. The van der Waals surface area contributed by atoms with E-state index in [0.29, 0.717) is 0 Å². The topological polar surface area (TPSA) is 96.7 Å². The molecular formula is C20H18N2O5. The molecule has 2 aromatic rings. The molecule has 0 aromatic heterocycles. The minimum absolute atomic E-state index is 0.208. The van der Waals surface area contributed by atoms with Gasteiger partial charge in [0.05, 0.1) is 11.1 Å². The van der Waals surface area contributed by atoms with Gasteiger partial charge in [-0.05, 0) is 24.3 Å². The van der Waals surface area contributed by atoms with Gasteiger partial charge in [0, 0.05) is 14.1 Å². The van der Waals surface area contributed by atoms with E-state index in [1.165, 1.54) is 38.4 Å². The Bertz CT molecular complexity index is 844. The van der Waals surface area contributed by atoms with Crippen molar-refractivity contribution >= 4 is 17.8 Å². The molecule has 1 amide bonds. The number of benzene rings is 2. The molecule has 0 aliphatic carbocycles. The molecule has 0 aliphatic rings. The highest BCUT2D eigenvalue weighted by Crippen LogP contribution is 2.13. The summed E-state index contributed by atoms with van der Waals surface area (Å²) in [5.41, 5.74) is 0.420. The third-order valence-electron chi connectivity index (χ3n) is 3.57. The van der Waals surface area contributed by atoms with Gasteiger partial charge in [-0.25, -0.2) is 9.59 Å². The molecule has 27 heavy (non-hydrogen) atoms. The second-order valence-corrected chi connectivity index (χ2v) is 5.75. The van der Waals surface area contributed by atoms with Crippen LogP contribution in [0.2, 0.25) is 0 Å². The fraction of sp³-hybridized carbons (Fsp3) is 0.200. The summed E-state index contributed by atoms with van der Waals surface area (Å²) in [6, 6.07) is 17.8. The first-order valence-corrected chi connectivity index (χ1v) is 8.07. The van der Waals surface area contributed by atoms with Crippen molar-refractivity contribution in [3.63, 3.8) is 0 Å². The number of likely N-dealkylation sites (N-methyl/N-ethyl adjacent to an activating group) is 1. The first-order chi connectivity index (χ1) is 12.9. The van der Waals surface area contributed by atoms with E-state index in [1.54, 1.807) is 42.5 Å². The molecule has 0 spiro atoms. The van der Waals surface area contributed by atoms with Gasteiger partial charge in [-0.1, -0.05) is 36.4 Å². The summed E-state index contributed by atoms with van der Waals surface area (Å²) >= 11 is 0. The normalized spacial score (nSPS) is 12.2. The van der Waals surface area contributed by atoms with Crippen LogP contribution in [0.3, 0.4) is 0 Å². The average Bonchev–Trinajstić information content (AvgIpc) is 2.70. The highest BCUT2D eigenvalue weighted by molar-refractivity contribution is 5.93. The highest BCUT2D eigenvalue weighted by Gasteiger charge is 2.36. The minimum Gasteiger partial charge on any atom is -0.443 e. The molecule has 0 heterocycles. The van der Waals surface area contributed by atoms with E-state index in [9.17, 15) is 19.6 Å². The van der Waals surface area contributed by atoms with E-state index in [0.717, 1.165) is 4.90 Å².